The van der Waals surface area contributed by atoms with Crippen LogP contribution in [0.4, 0.5) is 5.69 Å². The largest absolute Gasteiger partial charge is 0.484 e. The molecule has 0 bridgehead atoms. The highest BCUT2D eigenvalue weighted by atomic mass is 32.2. The van der Waals surface area contributed by atoms with Gasteiger partial charge in [0.1, 0.15) is 0 Å². The van der Waals surface area contributed by atoms with E-state index >= 15 is 0 Å². The fraction of sp³-hybridized carbons (Fsp3) is 0.435. The molecule has 182 valence electrons. The molecular formula is C23H27N3O7S. The number of nitrogens with zero attached hydrogens (tertiary/aromatic N) is 2. The van der Waals surface area contributed by atoms with E-state index in [1.807, 2.05) is 4.72 Å². The van der Waals surface area contributed by atoms with Gasteiger partial charge in [-0.15, -0.1) is 0 Å². The predicted molar refractivity (Wildman–Crippen MR) is 123 cm³/mol. The van der Waals surface area contributed by atoms with Gasteiger partial charge in [-0.1, -0.05) is 18.2 Å². The van der Waals surface area contributed by atoms with E-state index in [1.165, 1.54) is 24.3 Å². The maximum Gasteiger partial charge on any atom is 0.312 e. The first-order chi connectivity index (χ1) is 16.3. The van der Waals surface area contributed by atoms with Crippen LogP contribution in [0.15, 0.2) is 53.4 Å². The van der Waals surface area contributed by atoms with Crippen LogP contribution in [0.5, 0.6) is 5.75 Å². The number of carbonyl (C=O) groups excluding carboxylic acids is 1. The fourth-order valence-electron chi connectivity index (χ4n) is 4.39. The smallest absolute Gasteiger partial charge is 0.312 e. The molecule has 34 heavy (non-hydrogen) atoms. The molecule has 1 amide bonds. The summed E-state index contributed by atoms with van der Waals surface area (Å²) < 4.78 is 38.6. The van der Waals surface area contributed by atoms with E-state index in [2.05, 4.69) is 4.90 Å². The van der Waals surface area contributed by atoms with Gasteiger partial charge in [-0.25, -0.2) is 13.1 Å². The molecule has 0 unspecified atom stereocenters. The van der Waals surface area contributed by atoms with Crippen molar-refractivity contribution in [2.24, 2.45) is 0 Å². The van der Waals surface area contributed by atoms with Gasteiger partial charge in [0.2, 0.25) is 0 Å². The lowest BCUT2D eigenvalue weighted by atomic mass is 9.91. The van der Waals surface area contributed by atoms with Crippen LogP contribution in [0.1, 0.15) is 36.0 Å². The Morgan fingerprint density at radius 3 is 2.38 bits per heavy atom. The molecule has 2 aromatic carbocycles. The van der Waals surface area contributed by atoms with Crippen molar-refractivity contribution in [1.82, 2.24) is 9.62 Å². The van der Waals surface area contributed by atoms with Gasteiger partial charge in [-0.3, -0.25) is 19.8 Å². The first-order valence-corrected chi connectivity index (χ1v) is 12.7. The Balaban J connectivity index is 1.43. The number of nitrogens with one attached hydrogen (secondary N) is 1. The average Bonchev–Trinajstić information content (AvgIpc) is 2.85. The lowest BCUT2D eigenvalue weighted by molar-refractivity contribution is -0.386. The number of morpholine rings is 1. The monoisotopic (exact) mass is 489 g/mol. The quantitative estimate of drug-likeness (QED) is 0.464. The minimum Gasteiger partial charge on any atom is -0.484 e. The van der Waals surface area contributed by atoms with Crippen LogP contribution in [0.25, 0.3) is 0 Å². The van der Waals surface area contributed by atoms with Gasteiger partial charge >= 0.3 is 5.69 Å². The molecule has 0 radical (unpaired) electrons. The first kappa shape index (κ1) is 24.1. The molecule has 1 heterocycles. The molecule has 4 rings (SSSR count). The number of carbonyl (C=O) groups is 1. The summed E-state index contributed by atoms with van der Waals surface area (Å²) >= 11 is 0. The third-order valence-electron chi connectivity index (χ3n) is 6.20. The Hall–Kier alpha value is -3.02. The topological polar surface area (TPSA) is 128 Å². The molecule has 1 saturated carbocycles. The van der Waals surface area contributed by atoms with Crippen LogP contribution in [-0.4, -0.2) is 62.6 Å². The SMILES string of the molecule is O=C(NS(=O)(=O)c1ccc(OC2CCC(N3CCOCC3)CC2)c([N+](=O)[O-])c1)c1ccccc1. The minimum absolute atomic E-state index is 0.0214. The zero-order chi connectivity index (χ0) is 24.1. The number of nitro groups is 1. The van der Waals surface area contributed by atoms with Crippen molar-refractivity contribution in [3.05, 3.63) is 64.2 Å². The summed E-state index contributed by atoms with van der Waals surface area (Å²) in [5, 5.41) is 11.7. The summed E-state index contributed by atoms with van der Waals surface area (Å²) in [4.78, 5) is 25.3. The van der Waals surface area contributed by atoms with Gasteiger partial charge in [0.15, 0.2) is 5.75 Å². The van der Waals surface area contributed by atoms with Gasteiger partial charge in [-0.05, 0) is 49.9 Å². The third kappa shape index (κ3) is 5.72. The number of rotatable bonds is 7. The van der Waals surface area contributed by atoms with E-state index in [-0.39, 0.29) is 22.3 Å². The van der Waals surface area contributed by atoms with E-state index in [9.17, 15) is 23.3 Å². The van der Waals surface area contributed by atoms with Gasteiger partial charge in [0.05, 0.1) is 29.1 Å². The molecule has 1 saturated heterocycles. The van der Waals surface area contributed by atoms with Crippen molar-refractivity contribution in [3.8, 4) is 5.75 Å². The summed E-state index contributed by atoms with van der Waals surface area (Å²) in [6.07, 6.45) is 3.18. The number of nitro benzene ring substituents is 1. The summed E-state index contributed by atoms with van der Waals surface area (Å²) in [7, 11) is -4.31. The molecular weight excluding hydrogens is 462 g/mol. The highest BCUT2D eigenvalue weighted by Gasteiger charge is 2.30. The highest BCUT2D eigenvalue weighted by molar-refractivity contribution is 7.90. The lowest BCUT2D eigenvalue weighted by Gasteiger charge is -2.38. The van der Waals surface area contributed by atoms with Crippen molar-refractivity contribution in [2.75, 3.05) is 26.3 Å². The molecule has 1 N–H and O–H groups in total. The fourth-order valence-corrected chi connectivity index (χ4v) is 5.38. The zero-order valence-electron chi connectivity index (χ0n) is 18.6. The van der Waals surface area contributed by atoms with E-state index < -0.39 is 26.5 Å². The van der Waals surface area contributed by atoms with Crippen LogP contribution in [0.2, 0.25) is 0 Å². The highest BCUT2D eigenvalue weighted by Crippen LogP contribution is 2.34. The number of ether oxygens (including phenoxy) is 2. The van der Waals surface area contributed by atoms with E-state index in [0.717, 1.165) is 58.1 Å². The molecule has 1 aliphatic carbocycles. The van der Waals surface area contributed by atoms with Crippen molar-refractivity contribution < 1.29 is 27.6 Å². The second-order valence-electron chi connectivity index (χ2n) is 8.38. The number of amides is 1. The molecule has 11 heteroatoms. The average molecular weight is 490 g/mol. The number of hydrogen-bond donors (Lipinski definition) is 1. The summed E-state index contributed by atoms with van der Waals surface area (Å²) in [5.74, 6) is -0.797. The van der Waals surface area contributed by atoms with Crippen LogP contribution in [-0.2, 0) is 14.8 Å². The first-order valence-electron chi connectivity index (χ1n) is 11.2. The van der Waals surface area contributed by atoms with Crippen molar-refractivity contribution in [2.45, 2.75) is 42.7 Å². The minimum atomic E-state index is -4.31. The van der Waals surface area contributed by atoms with Gasteiger partial charge < -0.3 is 9.47 Å². The van der Waals surface area contributed by atoms with Crippen LogP contribution >= 0.6 is 0 Å². The van der Waals surface area contributed by atoms with Crippen LogP contribution in [0.3, 0.4) is 0 Å². The number of benzene rings is 2. The summed E-state index contributed by atoms with van der Waals surface area (Å²) in [6.45, 7) is 3.31. The molecule has 0 spiro atoms. The summed E-state index contributed by atoms with van der Waals surface area (Å²) in [5.41, 5.74) is -0.293. The predicted octanol–water partition coefficient (Wildman–Crippen LogP) is 2.74. The maximum atomic E-state index is 12.7. The van der Waals surface area contributed by atoms with Gasteiger partial charge in [0.25, 0.3) is 15.9 Å². The standard InChI is InChI=1S/C23H27N3O7S/c27-23(17-4-2-1-3-5-17)24-34(30,31)20-10-11-22(21(16-20)26(28)29)33-19-8-6-18(7-9-19)25-12-14-32-15-13-25/h1-5,10-11,16,18-19H,6-9,12-15H2,(H,24,27). The van der Waals surface area contributed by atoms with Gasteiger partial charge in [-0.2, -0.15) is 0 Å². The number of sulfonamides is 1. The summed E-state index contributed by atoms with van der Waals surface area (Å²) in [6, 6.07) is 11.7. The molecule has 2 fully saturated rings. The Labute approximate surface area is 198 Å². The van der Waals surface area contributed by atoms with Crippen LogP contribution < -0.4 is 9.46 Å². The normalized spacial score (nSPS) is 21.5. The molecule has 2 aliphatic rings. The van der Waals surface area contributed by atoms with E-state index in [0.29, 0.717) is 6.04 Å². The van der Waals surface area contributed by atoms with Crippen molar-refractivity contribution in [1.29, 1.82) is 0 Å². The molecule has 0 aromatic heterocycles. The zero-order valence-corrected chi connectivity index (χ0v) is 19.4. The Bertz CT molecular complexity index is 1130. The molecule has 10 nitrogen and oxygen atoms in total. The lowest BCUT2D eigenvalue weighted by Crippen LogP contribution is -2.46. The van der Waals surface area contributed by atoms with E-state index in [1.54, 1.807) is 18.2 Å². The molecule has 0 atom stereocenters. The Kier molecular flexibility index (Phi) is 7.44. The molecule has 1 aliphatic heterocycles. The van der Waals surface area contributed by atoms with Crippen molar-refractivity contribution in [3.63, 3.8) is 0 Å². The van der Waals surface area contributed by atoms with Crippen LogP contribution in [0, 0.1) is 10.1 Å². The second kappa shape index (κ2) is 10.5. The third-order valence-corrected chi connectivity index (χ3v) is 7.53. The maximum absolute atomic E-state index is 12.7. The number of hydrogen-bond acceptors (Lipinski definition) is 8. The van der Waals surface area contributed by atoms with Crippen molar-refractivity contribution >= 4 is 21.6 Å². The second-order valence-corrected chi connectivity index (χ2v) is 10.1. The van der Waals surface area contributed by atoms with E-state index in [4.69, 9.17) is 9.47 Å². The Morgan fingerprint density at radius 1 is 1.06 bits per heavy atom. The Morgan fingerprint density at radius 2 is 1.74 bits per heavy atom. The molecule has 2 aromatic rings. The van der Waals surface area contributed by atoms with Gasteiger partial charge in [0, 0.05) is 30.8 Å².